The van der Waals surface area contributed by atoms with Crippen LogP contribution in [0.2, 0.25) is 15.2 Å². The highest BCUT2D eigenvalue weighted by molar-refractivity contribution is 6.46. The second kappa shape index (κ2) is 5.76. The van der Waals surface area contributed by atoms with Gasteiger partial charge in [0.25, 0.3) is 0 Å². The minimum Gasteiger partial charge on any atom is -0.458 e. The van der Waals surface area contributed by atoms with E-state index in [4.69, 9.17) is 45.3 Å². The first kappa shape index (κ1) is 14.4. The van der Waals surface area contributed by atoms with E-state index in [0.717, 1.165) is 0 Å². The third-order valence-electron chi connectivity index (χ3n) is 2.15. The number of ether oxygens (including phenoxy) is 1. The van der Waals surface area contributed by atoms with Crippen LogP contribution in [0.3, 0.4) is 0 Å². The van der Waals surface area contributed by atoms with Crippen LogP contribution < -0.4 is 5.73 Å². The fraction of sp³-hybridized carbons (Fsp3) is 0.400. The third kappa shape index (κ3) is 3.15. The third-order valence-corrected chi connectivity index (χ3v) is 3.28. The molecule has 0 fully saturated rings. The van der Waals surface area contributed by atoms with Crippen molar-refractivity contribution in [2.75, 3.05) is 5.73 Å². The number of hydrogen-bond donors (Lipinski definition) is 1. The summed E-state index contributed by atoms with van der Waals surface area (Å²) in [7, 11) is 0. The number of pyridine rings is 1. The smallest absolute Gasteiger partial charge is 0.358 e. The summed E-state index contributed by atoms with van der Waals surface area (Å²) in [4.78, 5) is 15.5. The van der Waals surface area contributed by atoms with Crippen LogP contribution in [-0.4, -0.2) is 17.1 Å². The Hall–Kier alpha value is -0.710. The number of halogens is 3. The Balaban J connectivity index is 3.11. The van der Waals surface area contributed by atoms with E-state index >= 15 is 0 Å². The first-order valence-corrected chi connectivity index (χ1v) is 6.02. The van der Waals surface area contributed by atoms with Crippen LogP contribution >= 0.6 is 34.8 Å². The standard InChI is InChI=1S/C10H11Cl3N2O2/c1-3-4(2)17-10(16)8-5(11)7(14)6(12)9(13)15-8/h4H,3H2,1-2H3,(H2,14,15)/t4-/m0/s1. The Morgan fingerprint density at radius 2 is 2.00 bits per heavy atom. The average Bonchev–Trinajstić information content (AvgIpc) is 2.30. The Kier molecular flexibility index (Phi) is 4.86. The molecular weight excluding hydrogens is 286 g/mol. The van der Waals surface area contributed by atoms with Crippen molar-refractivity contribution >= 4 is 46.5 Å². The molecule has 0 amide bonds. The lowest BCUT2D eigenvalue weighted by molar-refractivity contribution is 0.0328. The van der Waals surface area contributed by atoms with Crippen molar-refractivity contribution in [3.8, 4) is 0 Å². The van der Waals surface area contributed by atoms with E-state index in [1.165, 1.54) is 0 Å². The maximum Gasteiger partial charge on any atom is 0.358 e. The number of hydrogen-bond acceptors (Lipinski definition) is 4. The number of rotatable bonds is 3. The summed E-state index contributed by atoms with van der Waals surface area (Å²) < 4.78 is 5.07. The van der Waals surface area contributed by atoms with Gasteiger partial charge in [-0.05, 0) is 13.3 Å². The Labute approximate surface area is 114 Å². The number of aromatic nitrogens is 1. The van der Waals surface area contributed by atoms with Gasteiger partial charge in [0.15, 0.2) is 10.8 Å². The van der Waals surface area contributed by atoms with Gasteiger partial charge in [0, 0.05) is 0 Å². The van der Waals surface area contributed by atoms with Gasteiger partial charge in [0.1, 0.15) is 5.02 Å². The maximum atomic E-state index is 11.7. The van der Waals surface area contributed by atoms with Crippen LogP contribution in [0, 0.1) is 0 Å². The normalized spacial score (nSPS) is 12.3. The molecule has 0 aliphatic heterocycles. The zero-order valence-electron chi connectivity index (χ0n) is 9.26. The number of nitrogens with zero attached hydrogens (tertiary/aromatic N) is 1. The van der Waals surface area contributed by atoms with E-state index in [0.29, 0.717) is 6.42 Å². The summed E-state index contributed by atoms with van der Waals surface area (Å²) in [6, 6.07) is 0. The number of nitrogens with two attached hydrogens (primary N) is 1. The molecule has 0 aliphatic rings. The minimum absolute atomic E-state index is 0.0180. The molecule has 2 N–H and O–H groups in total. The molecule has 0 bridgehead atoms. The largest absolute Gasteiger partial charge is 0.458 e. The van der Waals surface area contributed by atoms with Gasteiger partial charge in [-0.2, -0.15) is 0 Å². The summed E-state index contributed by atoms with van der Waals surface area (Å²) in [5.41, 5.74) is 5.48. The van der Waals surface area contributed by atoms with Crippen molar-refractivity contribution in [1.29, 1.82) is 0 Å². The van der Waals surface area contributed by atoms with Gasteiger partial charge < -0.3 is 10.5 Å². The van der Waals surface area contributed by atoms with E-state index in [1.807, 2.05) is 6.92 Å². The van der Waals surface area contributed by atoms with Gasteiger partial charge in [-0.3, -0.25) is 0 Å². The highest BCUT2D eigenvalue weighted by Crippen LogP contribution is 2.34. The fourth-order valence-electron chi connectivity index (χ4n) is 0.988. The Morgan fingerprint density at radius 1 is 1.41 bits per heavy atom. The fourth-order valence-corrected chi connectivity index (χ4v) is 1.57. The molecule has 94 valence electrons. The van der Waals surface area contributed by atoms with E-state index in [1.54, 1.807) is 6.92 Å². The van der Waals surface area contributed by atoms with Crippen molar-refractivity contribution in [2.24, 2.45) is 0 Å². The van der Waals surface area contributed by atoms with Crippen molar-refractivity contribution < 1.29 is 9.53 Å². The predicted molar refractivity (Wildman–Crippen MR) is 68.8 cm³/mol. The molecule has 0 aromatic carbocycles. The van der Waals surface area contributed by atoms with Gasteiger partial charge in [-0.15, -0.1) is 0 Å². The molecule has 0 radical (unpaired) electrons. The molecule has 1 heterocycles. The monoisotopic (exact) mass is 296 g/mol. The van der Waals surface area contributed by atoms with Crippen molar-refractivity contribution in [2.45, 2.75) is 26.4 Å². The second-order valence-corrected chi connectivity index (χ2v) is 4.53. The molecule has 0 unspecified atom stereocenters. The zero-order chi connectivity index (χ0) is 13.2. The maximum absolute atomic E-state index is 11.7. The predicted octanol–water partition coefficient (Wildman–Crippen LogP) is 3.58. The lowest BCUT2D eigenvalue weighted by atomic mass is 10.3. The molecule has 7 heteroatoms. The summed E-state index contributed by atoms with van der Waals surface area (Å²) in [6.07, 6.45) is 0.441. The highest BCUT2D eigenvalue weighted by atomic mass is 35.5. The van der Waals surface area contributed by atoms with Gasteiger partial charge in [0.05, 0.1) is 16.8 Å². The average molecular weight is 298 g/mol. The lowest BCUT2D eigenvalue weighted by Crippen LogP contribution is -2.16. The van der Waals surface area contributed by atoms with Crippen LogP contribution in [0.25, 0.3) is 0 Å². The minimum atomic E-state index is -0.672. The zero-order valence-corrected chi connectivity index (χ0v) is 11.5. The number of carbonyl (C=O) groups is 1. The van der Waals surface area contributed by atoms with Gasteiger partial charge in [-0.25, -0.2) is 9.78 Å². The summed E-state index contributed by atoms with van der Waals surface area (Å²) >= 11 is 17.3. The molecule has 0 saturated heterocycles. The molecule has 0 spiro atoms. The van der Waals surface area contributed by atoms with Crippen LogP contribution in [0.15, 0.2) is 0 Å². The van der Waals surface area contributed by atoms with E-state index in [9.17, 15) is 4.79 Å². The van der Waals surface area contributed by atoms with Crippen LogP contribution in [-0.2, 0) is 4.74 Å². The van der Waals surface area contributed by atoms with Crippen LogP contribution in [0.1, 0.15) is 30.8 Å². The Bertz CT molecular complexity index is 452. The lowest BCUT2D eigenvalue weighted by Gasteiger charge is -2.12. The van der Waals surface area contributed by atoms with Crippen LogP contribution in [0.4, 0.5) is 5.69 Å². The molecule has 1 aromatic rings. The number of nitrogen functional groups attached to an aromatic ring is 1. The molecule has 0 aliphatic carbocycles. The van der Waals surface area contributed by atoms with Crippen molar-refractivity contribution in [3.05, 3.63) is 20.9 Å². The molecule has 0 saturated carbocycles. The van der Waals surface area contributed by atoms with Crippen LogP contribution in [0.5, 0.6) is 0 Å². The SMILES string of the molecule is CC[C@H](C)OC(=O)c1nc(Cl)c(Cl)c(N)c1Cl. The topological polar surface area (TPSA) is 65.2 Å². The number of anilines is 1. The first-order chi connectivity index (χ1) is 7.88. The number of esters is 1. The quantitative estimate of drug-likeness (QED) is 0.684. The van der Waals surface area contributed by atoms with Crippen molar-refractivity contribution in [1.82, 2.24) is 4.98 Å². The summed E-state index contributed by atoms with van der Waals surface area (Å²) in [5, 5.41) is -0.103. The molecule has 4 nitrogen and oxygen atoms in total. The van der Waals surface area contributed by atoms with E-state index in [2.05, 4.69) is 4.98 Å². The molecule has 1 atom stereocenters. The van der Waals surface area contributed by atoms with Gasteiger partial charge in [0.2, 0.25) is 0 Å². The second-order valence-electron chi connectivity index (χ2n) is 3.42. The summed E-state index contributed by atoms with van der Waals surface area (Å²) in [6.45, 7) is 3.64. The van der Waals surface area contributed by atoms with E-state index in [-0.39, 0.29) is 32.7 Å². The molecular formula is C10H11Cl3N2O2. The number of carbonyl (C=O) groups excluding carboxylic acids is 1. The van der Waals surface area contributed by atoms with E-state index < -0.39 is 5.97 Å². The first-order valence-electron chi connectivity index (χ1n) is 4.89. The molecule has 1 rings (SSSR count). The van der Waals surface area contributed by atoms with Crippen molar-refractivity contribution in [3.63, 3.8) is 0 Å². The molecule has 1 aromatic heterocycles. The molecule has 17 heavy (non-hydrogen) atoms. The summed E-state index contributed by atoms with van der Waals surface area (Å²) in [5.74, 6) is -0.672. The van der Waals surface area contributed by atoms with Gasteiger partial charge in [-0.1, -0.05) is 41.7 Å². The highest BCUT2D eigenvalue weighted by Gasteiger charge is 2.21. The Morgan fingerprint density at radius 3 is 2.53 bits per heavy atom. The van der Waals surface area contributed by atoms with Gasteiger partial charge >= 0.3 is 5.97 Å².